The van der Waals surface area contributed by atoms with Gasteiger partial charge in [-0.1, -0.05) is 18.5 Å². The third kappa shape index (κ3) is 3.03. The molecule has 5 nitrogen and oxygen atoms in total. The van der Waals surface area contributed by atoms with Crippen molar-refractivity contribution in [3.63, 3.8) is 0 Å². The van der Waals surface area contributed by atoms with Crippen LogP contribution in [-0.2, 0) is 6.54 Å². The Morgan fingerprint density at radius 3 is 2.62 bits per heavy atom. The van der Waals surface area contributed by atoms with Crippen molar-refractivity contribution in [3.8, 4) is 11.5 Å². The van der Waals surface area contributed by atoms with E-state index in [1.807, 2.05) is 6.92 Å². The lowest BCUT2D eigenvalue weighted by Gasteiger charge is -2.11. The van der Waals surface area contributed by atoms with Crippen molar-refractivity contribution in [1.82, 2.24) is 9.78 Å². The van der Waals surface area contributed by atoms with Crippen LogP contribution in [0.15, 0.2) is 24.4 Å². The molecular weight excluding hydrogens is 292 g/mol. The van der Waals surface area contributed by atoms with Crippen LogP contribution in [0.3, 0.4) is 0 Å². The minimum Gasteiger partial charge on any atom is -0.496 e. The van der Waals surface area contributed by atoms with Crippen molar-refractivity contribution < 1.29 is 14.3 Å². The lowest BCUT2D eigenvalue weighted by molar-refractivity contribution is 0.102. The number of rotatable bonds is 6. The SMILES string of the molecule is CCCn1ncc(OC)c1C(=O)c1ccc(Cl)cc1OC. The van der Waals surface area contributed by atoms with Gasteiger partial charge in [0.2, 0.25) is 5.78 Å². The summed E-state index contributed by atoms with van der Waals surface area (Å²) in [6.07, 6.45) is 2.41. The van der Waals surface area contributed by atoms with Crippen LogP contribution >= 0.6 is 11.6 Å². The summed E-state index contributed by atoms with van der Waals surface area (Å²) in [5.74, 6) is 0.676. The number of aromatic nitrogens is 2. The second-order valence-corrected chi connectivity index (χ2v) is 4.89. The monoisotopic (exact) mass is 308 g/mol. The quantitative estimate of drug-likeness (QED) is 0.769. The zero-order valence-corrected chi connectivity index (χ0v) is 13.0. The van der Waals surface area contributed by atoms with Crippen molar-refractivity contribution in [3.05, 3.63) is 40.7 Å². The third-order valence-electron chi connectivity index (χ3n) is 3.08. The van der Waals surface area contributed by atoms with Gasteiger partial charge in [-0.25, -0.2) is 0 Å². The Hall–Kier alpha value is -2.01. The summed E-state index contributed by atoms with van der Waals surface area (Å²) in [5, 5.41) is 4.71. The Morgan fingerprint density at radius 2 is 2.00 bits per heavy atom. The number of aryl methyl sites for hydroxylation is 1. The number of carbonyl (C=O) groups is 1. The topological polar surface area (TPSA) is 53.4 Å². The molecule has 2 aromatic rings. The first-order valence-corrected chi connectivity index (χ1v) is 6.98. The molecule has 0 fully saturated rings. The number of carbonyl (C=O) groups excluding carboxylic acids is 1. The van der Waals surface area contributed by atoms with Crippen LogP contribution in [0.2, 0.25) is 5.02 Å². The predicted molar refractivity (Wildman–Crippen MR) is 80.5 cm³/mol. The van der Waals surface area contributed by atoms with E-state index in [0.717, 1.165) is 6.42 Å². The molecule has 0 bridgehead atoms. The highest BCUT2D eigenvalue weighted by Gasteiger charge is 2.23. The van der Waals surface area contributed by atoms with E-state index in [9.17, 15) is 4.79 Å². The molecule has 0 atom stereocenters. The first kappa shape index (κ1) is 15.4. The van der Waals surface area contributed by atoms with Crippen molar-refractivity contribution in [2.75, 3.05) is 14.2 Å². The second kappa shape index (κ2) is 6.63. The van der Waals surface area contributed by atoms with E-state index in [-0.39, 0.29) is 5.78 Å². The molecule has 0 amide bonds. The fourth-order valence-electron chi connectivity index (χ4n) is 2.11. The van der Waals surface area contributed by atoms with E-state index >= 15 is 0 Å². The normalized spacial score (nSPS) is 10.5. The number of benzene rings is 1. The van der Waals surface area contributed by atoms with Gasteiger partial charge < -0.3 is 9.47 Å². The van der Waals surface area contributed by atoms with Gasteiger partial charge in [0.05, 0.1) is 26.0 Å². The zero-order chi connectivity index (χ0) is 15.4. The summed E-state index contributed by atoms with van der Waals surface area (Å²) in [6, 6.07) is 4.92. The number of ketones is 1. The summed E-state index contributed by atoms with van der Waals surface area (Å²) in [6.45, 7) is 2.66. The Balaban J connectivity index is 2.51. The standard InChI is InChI=1S/C15H17ClN2O3/c1-4-7-18-14(13(21-3)9-17-18)15(19)11-6-5-10(16)8-12(11)20-2/h5-6,8-9H,4,7H2,1-3H3. The lowest BCUT2D eigenvalue weighted by Crippen LogP contribution is -2.13. The van der Waals surface area contributed by atoms with Gasteiger partial charge in [0.1, 0.15) is 5.75 Å². The first-order valence-electron chi connectivity index (χ1n) is 6.60. The minimum absolute atomic E-state index is 0.202. The fourth-order valence-corrected chi connectivity index (χ4v) is 2.27. The molecule has 0 radical (unpaired) electrons. The van der Waals surface area contributed by atoms with Crippen LogP contribution < -0.4 is 9.47 Å². The zero-order valence-electron chi connectivity index (χ0n) is 12.2. The maximum atomic E-state index is 12.8. The van der Waals surface area contributed by atoms with Gasteiger partial charge in [0.25, 0.3) is 0 Å². The van der Waals surface area contributed by atoms with Crippen LogP contribution in [0.4, 0.5) is 0 Å². The average molecular weight is 309 g/mol. The van der Waals surface area contributed by atoms with E-state index in [2.05, 4.69) is 5.10 Å². The number of nitrogens with zero attached hydrogens (tertiary/aromatic N) is 2. The minimum atomic E-state index is -0.202. The van der Waals surface area contributed by atoms with Crippen LogP contribution in [-0.4, -0.2) is 29.8 Å². The number of methoxy groups -OCH3 is 2. The van der Waals surface area contributed by atoms with E-state index < -0.39 is 0 Å². The number of ether oxygens (including phenoxy) is 2. The molecule has 0 saturated carbocycles. The highest BCUT2D eigenvalue weighted by molar-refractivity contribution is 6.31. The summed E-state index contributed by atoms with van der Waals surface area (Å²) in [7, 11) is 3.02. The highest BCUT2D eigenvalue weighted by atomic mass is 35.5. The maximum absolute atomic E-state index is 12.8. The van der Waals surface area contributed by atoms with Gasteiger partial charge in [0.15, 0.2) is 11.4 Å². The molecule has 0 spiro atoms. The van der Waals surface area contributed by atoms with Crippen molar-refractivity contribution in [2.24, 2.45) is 0 Å². The van der Waals surface area contributed by atoms with E-state index in [4.69, 9.17) is 21.1 Å². The summed E-state index contributed by atoms with van der Waals surface area (Å²) in [5.41, 5.74) is 0.845. The van der Waals surface area contributed by atoms with Gasteiger partial charge in [-0.05, 0) is 24.6 Å². The van der Waals surface area contributed by atoms with Gasteiger partial charge in [0, 0.05) is 11.6 Å². The molecular formula is C15H17ClN2O3. The molecule has 0 aliphatic carbocycles. The second-order valence-electron chi connectivity index (χ2n) is 4.46. The third-order valence-corrected chi connectivity index (χ3v) is 3.32. The Labute approximate surface area is 128 Å². The molecule has 2 rings (SSSR count). The Morgan fingerprint density at radius 1 is 1.29 bits per heavy atom. The van der Waals surface area contributed by atoms with Gasteiger partial charge in [-0.3, -0.25) is 9.48 Å². The molecule has 0 saturated heterocycles. The Kier molecular flexibility index (Phi) is 4.85. The molecule has 112 valence electrons. The number of hydrogen-bond donors (Lipinski definition) is 0. The average Bonchev–Trinajstić information content (AvgIpc) is 2.89. The summed E-state index contributed by atoms with van der Waals surface area (Å²) >= 11 is 5.93. The summed E-state index contributed by atoms with van der Waals surface area (Å²) < 4.78 is 12.1. The molecule has 0 aliphatic rings. The molecule has 0 unspecified atom stereocenters. The predicted octanol–water partition coefficient (Wildman–Crippen LogP) is 3.19. The van der Waals surface area contributed by atoms with Crippen LogP contribution in [0.25, 0.3) is 0 Å². The van der Waals surface area contributed by atoms with Crippen molar-refractivity contribution >= 4 is 17.4 Å². The van der Waals surface area contributed by atoms with Crippen LogP contribution in [0.5, 0.6) is 11.5 Å². The fraction of sp³-hybridized carbons (Fsp3) is 0.333. The molecule has 1 heterocycles. The van der Waals surface area contributed by atoms with Crippen molar-refractivity contribution in [1.29, 1.82) is 0 Å². The molecule has 0 N–H and O–H groups in total. The van der Waals surface area contributed by atoms with E-state index in [1.165, 1.54) is 14.2 Å². The summed E-state index contributed by atoms with van der Waals surface area (Å²) in [4.78, 5) is 12.8. The first-order chi connectivity index (χ1) is 10.1. The highest BCUT2D eigenvalue weighted by Crippen LogP contribution is 2.28. The number of halogens is 1. The Bertz CT molecular complexity index is 652. The van der Waals surface area contributed by atoms with Crippen LogP contribution in [0.1, 0.15) is 29.4 Å². The number of hydrogen-bond acceptors (Lipinski definition) is 4. The lowest BCUT2D eigenvalue weighted by atomic mass is 10.1. The van der Waals surface area contributed by atoms with Gasteiger partial charge in [-0.2, -0.15) is 5.10 Å². The van der Waals surface area contributed by atoms with E-state index in [0.29, 0.717) is 34.3 Å². The van der Waals surface area contributed by atoms with Crippen LogP contribution in [0, 0.1) is 0 Å². The molecule has 1 aromatic heterocycles. The molecule has 21 heavy (non-hydrogen) atoms. The molecule has 6 heteroatoms. The van der Waals surface area contributed by atoms with Gasteiger partial charge in [-0.15, -0.1) is 0 Å². The largest absolute Gasteiger partial charge is 0.496 e. The molecule has 0 aliphatic heterocycles. The molecule has 1 aromatic carbocycles. The van der Waals surface area contributed by atoms with Crippen molar-refractivity contribution in [2.45, 2.75) is 19.9 Å². The van der Waals surface area contributed by atoms with E-state index in [1.54, 1.807) is 29.1 Å². The smallest absolute Gasteiger partial charge is 0.218 e. The maximum Gasteiger partial charge on any atom is 0.218 e. The van der Waals surface area contributed by atoms with Gasteiger partial charge >= 0.3 is 0 Å².